The predicted octanol–water partition coefficient (Wildman–Crippen LogP) is 9.75. The number of fused-ring (bicyclic) bond motifs is 2. The van der Waals surface area contributed by atoms with Gasteiger partial charge in [-0.05, 0) is 69.4 Å². The SMILES string of the molecule is C.COC1C=CC(OC)C2=C1C1C3=C(C(=O)C(Cl)=CC3=O)C2c2ccccc21.COc1ccc(OC)c2cc3ccccc3cc12.Oc1ccc(O)c(Cl)c1. The van der Waals surface area contributed by atoms with Crippen LogP contribution < -0.4 is 9.47 Å². The molecule has 5 aromatic carbocycles. The molecule has 4 unspecified atom stereocenters. The van der Waals surface area contributed by atoms with E-state index in [0.717, 1.165) is 44.5 Å². The highest BCUT2D eigenvalue weighted by atomic mass is 35.5. The van der Waals surface area contributed by atoms with Gasteiger partial charge in [-0.3, -0.25) is 9.59 Å². The Balaban J connectivity index is 0.000000158. The van der Waals surface area contributed by atoms with Gasteiger partial charge in [0.05, 0.1) is 36.5 Å². The molecule has 5 aromatic rings. The summed E-state index contributed by atoms with van der Waals surface area (Å²) in [6.45, 7) is 0. The van der Waals surface area contributed by atoms with Crippen LogP contribution in [0.5, 0.6) is 23.0 Å². The number of aromatic hydroxyl groups is 2. The third-order valence-corrected chi connectivity index (χ3v) is 10.8. The summed E-state index contributed by atoms with van der Waals surface area (Å²) < 4.78 is 22.3. The Morgan fingerprint density at radius 2 is 1.11 bits per heavy atom. The van der Waals surface area contributed by atoms with Crippen LogP contribution in [0.2, 0.25) is 5.02 Å². The minimum Gasteiger partial charge on any atom is -0.508 e. The van der Waals surface area contributed by atoms with Crippen molar-refractivity contribution in [1.82, 2.24) is 0 Å². The van der Waals surface area contributed by atoms with Gasteiger partial charge in [-0.1, -0.05) is 91.3 Å². The molecule has 0 heterocycles. The topological polar surface area (TPSA) is 112 Å². The van der Waals surface area contributed by atoms with E-state index < -0.39 is 0 Å². The maximum Gasteiger partial charge on any atom is 0.201 e. The summed E-state index contributed by atoms with van der Waals surface area (Å²) in [6, 6.07) is 28.4. The summed E-state index contributed by atoms with van der Waals surface area (Å²) in [6.07, 6.45) is 4.65. The van der Waals surface area contributed by atoms with Crippen molar-refractivity contribution >= 4 is 56.3 Å². The molecule has 55 heavy (non-hydrogen) atoms. The maximum absolute atomic E-state index is 13.0. The number of carbonyl (C=O) groups excluding carboxylic acids is 2. The minimum atomic E-state index is -0.345. The van der Waals surface area contributed by atoms with Gasteiger partial charge in [-0.15, -0.1) is 0 Å². The molecule has 10 rings (SSSR count). The number of benzene rings is 5. The molecule has 4 atom stereocenters. The van der Waals surface area contributed by atoms with Crippen LogP contribution in [-0.4, -0.2) is 62.4 Å². The number of ether oxygens (including phenoxy) is 4. The molecule has 0 aliphatic heterocycles. The van der Waals surface area contributed by atoms with Crippen molar-refractivity contribution in [3.63, 3.8) is 0 Å². The average molecular weight is 780 g/mol. The van der Waals surface area contributed by atoms with Crippen LogP contribution in [0.25, 0.3) is 21.5 Å². The van der Waals surface area contributed by atoms with Crippen molar-refractivity contribution in [3.05, 3.63) is 153 Å². The fraction of sp³-hybridized carbons (Fsp3) is 0.200. The number of halogens is 2. The zero-order chi connectivity index (χ0) is 38.3. The van der Waals surface area contributed by atoms with E-state index in [1.54, 1.807) is 28.4 Å². The van der Waals surface area contributed by atoms with Crippen molar-refractivity contribution in [2.24, 2.45) is 0 Å². The molecule has 8 nitrogen and oxygen atoms in total. The number of ketones is 2. The molecule has 5 aliphatic rings. The molecule has 0 radical (unpaired) electrons. The van der Waals surface area contributed by atoms with Gasteiger partial charge in [0.2, 0.25) is 5.78 Å². The van der Waals surface area contributed by atoms with Gasteiger partial charge in [0.25, 0.3) is 0 Å². The first kappa shape index (κ1) is 39.3. The Hall–Kier alpha value is -5.38. The second kappa shape index (κ2) is 16.2. The largest absolute Gasteiger partial charge is 0.508 e. The first-order valence-corrected chi connectivity index (χ1v) is 17.8. The van der Waals surface area contributed by atoms with Gasteiger partial charge in [0.1, 0.15) is 23.0 Å². The number of Topliss-reactive ketones (excluding diaryl/α,β-unsaturated/α-hetero) is 1. The van der Waals surface area contributed by atoms with Crippen molar-refractivity contribution in [1.29, 1.82) is 0 Å². The highest BCUT2D eigenvalue weighted by molar-refractivity contribution is 6.49. The monoisotopic (exact) mass is 778 g/mol. The number of phenols is 2. The van der Waals surface area contributed by atoms with E-state index in [2.05, 4.69) is 24.3 Å². The number of phenolic OH excluding ortho intramolecular Hbond substituents is 2. The fourth-order valence-corrected chi connectivity index (χ4v) is 8.24. The Bertz CT molecular complexity index is 2400. The summed E-state index contributed by atoms with van der Waals surface area (Å²) >= 11 is 11.5. The van der Waals surface area contributed by atoms with Gasteiger partial charge in [0.15, 0.2) is 5.78 Å². The Morgan fingerprint density at radius 3 is 1.56 bits per heavy atom. The van der Waals surface area contributed by atoms with E-state index in [1.807, 2.05) is 60.7 Å². The summed E-state index contributed by atoms with van der Waals surface area (Å²) in [7, 11) is 6.69. The quantitative estimate of drug-likeness (QED) is 0.0803. The van der Waals surface area contributed by atoms with Crippen LogP contribution in [0.3, 0.4) is 0 Å². The van der Waals surface area contributed by atoms with Gasteiger partial charge < -0.3 is 29.2 Å². The third-order valence-electron chi connectivity index (χ3n) is 10.2. The zero-order valence-corrected chi connectivity index (χ0v) is 31.3. The molecule has 282 valence electrons. The Labute approximate surface area is 329 Å². The van der Waals surface area contributed by atoms with E-state index in [-0.39, 0.29) is 64.6 Å². The van der Waals surface area contributed by atoms with Crippen LogP contribution >= 0.6 is 23.2 Å². The van der Waals surface area contributed by atoms with E-state index in [0.29, 0.717) is 11.1 Å². The first-order chi connectivity index (χ1) is 26.1. The second-order valence-corrected chi connectivity index (χ2v) is 13.8. The van der Waals surface area contributed by atoms with Gasteiger partial charge >= 0.3 is 0 Å². The number of hydrogen-bond donors (Lipinski definition) is 2. The Kier molecular flexibility index (Phi) is 11.5. The van der Waals surface area contributed by atoms with E-state index >= 15 is 0 Å². The smallest absolute Gasteiger partial charge is 0.201 e. The van der Waals surface area contributed by atoms with Crippen LogP contribution in [0.4, 0.5) is 0 Å². The number of methoxy groups -OCH3 is 4. The van der Waals surface area contributed by atoms with E-state index in [1.165, 1.54) is 35.0 Å². The molecule has 2 bridgehead atoms. The molecule has 0 aromatic heterocycles. The number of carbonyl (C=O) groups is 2. The lowest BCUT2D eigenvalue weighted by Crippen LogP contribution is -2.43. The lowest BCUT2D eigenvalue weighted by Gasteiger charge is -2.48. The molecule has 0 fully saturated rings. The zero-order valence-electron chi connectivity index (χ0n) is 29.8. The standard InChI is InChI=1S/C22H17ClO4.C16H14O2.C6H5ClO2.CH4/c1-26-14-7-8-15(27-2)20-17-11-6-4-3-5-10(11)16(19(14)20)18-13(24)9-12(23)22(25)21(17)18;1-17-15-7-8-16(18-2)14-10-12-6-4-3-5-11(12)9-13(14)15;7-5-3-4(8)1-2-6(5)9;/h3-9,14-17H,1-2H3;3-10H,1-2H3;1-3,8-9H;1H4. The summed E-state index contributed by atoms with van der Waals surface area (Å²) in [4.78, 5) is 25.9. The van der Waals surface area contributed by atoms with Crippen molar-refractivity contribution in [2.45, 2.75) is 31.5 Å². The fourth-order valence-electron chi connectivity index (χ4n) is 7.86. The van der Waals surface area contributed by atoms with E-state index in [9.17, 15) is 9.59 Å². The van der Waals surface area contributed by atoms with E-state index in [4.69, 9.17) is 52.4 Å². The Morgan fingerprint density at radius 1 is 0.618 bits per heavy atom. The third kappa shape index (κ3) is 6.91. The minimum absolute atomic E-state index is 0. The molecule has 0 saturated carbocycles. The average Bonchev–Trinajstić information content (AvgIpc) is 3.20. The molecule has 5 aliphatic carbocycles. The molecule has 0 saturated heterocycles. The van der Waals surface area contributed by atoms with Crippen LogP contribution in [-0.2, 0) is 19.1 Å². The predicted molar refractivity (Wildman–Crippen MR) is 217 cm³/mol. The van der Waals surface area contributed by atoms with Gasteiger partial charge in [-0.25, -0.2) is 0 Å². The molecule has 2 N–H and O–H groups in total. The van der Waals surface area contributed by atoms with Crippen LogP contribution in [0.15, 0.2) is 137 Å². The highest BCUT2D eigenvalue weighted by Crippen LogP contribution is 2.60. The lowest BCUT2D eigenvalue weighted by molar-refractivity contribution is -0.116. The molecular formula is C45H40Cl2O8. The molecule has 0 amide bonds. The highest BCUT2D eigenvalue weighted by Gasteiger charge is 2.53. The lowest BCUT2D eigenvalue weighted by atomic mass is 9.56. The first-order valence-electron chi connectivity index (χ1n) is 17.1. The normalized spacial score (nSPS) is 20.3. The number of allylic oxidation sites excluding steroid dienone is 4. The summed E-state index contributed by atoms with van der Waals surface area (Å²) in [5.41, 5.74) is 5.16. The number of rotatable bonds is 4. The van der Waals surface area contributed by atoms with Crippen molar-refractivity contribution in [3.8, 4) is 23.0 Å². The molecule has 10 heteroatoms. The van der Waals surface area contributed by atoms with Gasteiger partial charge in [0, 0.05) is 60.1 Å². The number of hydrogen-bond acceptors (Lipinski definition) is 8. The van der Waals surface area contributed by atoms with Crippen molar-refractivity contribution < 1.29 is 38.7 Å². The van der Waals surface area contributed by atoms with Gasteiger partial charge in [-0.2, -0.15) is 0 Å². The molecular weight excluding hydrogens is 739 g/mol. The molecule has 0 spiro atoms. The second-order valence-electron chi connectivity index (χ2n) is 13.0. The maximum atomic E-state index is 13.0. The van der Waals surface area contributed by atoms with Crippen molar-refractivity contribution in [2.75, 3.05) is 28.4 Å². The van der Waals surface area contributed by atoms with Crippen LogP contribution in [0.1, 0.15) is 30.4 Å². The summed E-state index contributed by atoms with van der Waals surface area (Å²) in [5.74, 6) is 0.661. The summed E-state index contributed by atoms with van der Waals surface area (Å²) in [5, 5.41) is 22.3. The van der Waals surface area contributed by atoms with Crippen LogP contribution in [0, 0.1) is 0 Å².